The second kappa shape index (κ2) is 8.60. The molecule has 0 bridgehead atoms. The van der Waals surface area contributed by atoms with Crippen molar-refractivity contribution in [3.8, 4) is 11.5 Å². The number of carbonyl (C=O) groups is 1. The first-order chi connectivity index (χ1) is 15.9. The molecule has 2 unspecified atom stereocenters. The number of sulfonamides is 1. The second-order valence-corrected chi connectivity index (χ2v) is 12.1. The Morgan fingerprint density at radius 1 is 1.24 bits per heavy atom. The van der Waals surface area contributed by atoms with E-state index in [-0.39, 0.29) is 27.8 Å². The average Bonchev–Trinajstić information content (AvgIpc) is 3.63. The summed E-state index contributed by atoms with van der Waals surface area (Å²) in [7, 11) is -6.99. The number of halogens is 1. The van der Waals surface area contributed by atoms with Gasteiger partial charge in [0, 0.05) is 11.8 Å². The summed E-state index contributed by atoms with van der Waals surface area (Å²) in [6, 6.07) is 6.85. The highest BCUT2D eigenvalue weighted by Gasteiger charge is 2.47. The molecule has 184 valence electrons. The highest BCUT2D eigenvalue weighted by molar-refractivity contribution is 7.93. The summed E-state index contributed by atoms with van der Waals surface area (Å²) in [6.45, 7) is -0.474. The molecule has 4 rings (SSSR count). The standard InChI is InChI=1S/C20H22FN3O8S2/c1-31-17-9-13(5-6-14(17)21)34(29,30)24-10-18(19(22)33(27,28)12-3-4-12)32-16-7-2-11(8-15(16)24)23-20(25)26/h2,5-9,12,18-19,23H,3-4,10,22H2,1H3,(H,25,26). The molecule has 1 amide bonds. The van der Waals surface area contributed by atoms with E-state index in [1.807, 2.05) is 0 Å². The number of anilines is 2. The maximum atomic E-state index is 13.9. The number of hydrogen-bond acceptors (Lipinski definition) is 8. The van der Waals surface area contributed by atoms with Crippen molar-refractivity contribution in [3.63, 3.8) is 0 Å². The van der Waals surface area contributed by atoms with Crippen LogP contribution in [0.5, 0.6) is 11.5 Å². The SMILES string of the molecule is COc1cc(S(=O)(=O)N2CC(C(N)S(=O)(=O)C3CC3)Oc3ccc(NC(=O)O)cc32)ccc1F. The van der Waals surface area contributed by atoms with Gasteiger partial charge in [-0.1, -0.05) is 0 Å². The van der Waals surface area contributed by atoms with Crippen molar-refractivity contribution >= 4 is 37.3 Å². The third-order valence-electron chi connectivity index (χ3n) is 5.55. The van der Waals surface area contributed by atoms with Gasteiger partial charge in [-0.05, 0) is 43.2 Å². The number of nitrogens with zero attached hydrogens (tertiary/aromatic N) is 1. The lowest BCUT2D eigenvalue weighted by Gasteiger charge is -2.37. The molecule has 34 heavy (non-hydrogen) atoms. The number of sulfone groups is 1. The first kappa shape index (κ1) is 24.0. The molecule has 4 N–H and O–H groups in total. The Bertz CT molecular complexity index is 1350. The van der Waals surface area contributed by atoms with Gasteiger partial charge in [0.15, 0.2) is 21.4 Å². The molecule has 1 aliphatic heterocycles. The average molecular weight is 516 g/mol. The van der Waals surface area contributed by atoms with Gasteiger partial charge >= 0.3 is 6.09 Å². The zero-order chi connectivity index (χ0) is 24.8. The Kier molecular flexibility index (Phi) is 6.08. The number of nitrogens with one attached hydrogen (secondary N) is 1. The van der Waals surface area contributed by atoms with E-state index in [4.69, 9.17) is 20.3 Å². The number of carboxylic acid groups (broad SMARTS) is 1. The van der Waals surface area contributed by atoms with E-state index in [1.165, 1.54) is 25.3 Å². The molecule has 0 aromatic heterocycles. The minimum absolute atomic E-state index is 0.00807. The largest absolute Gasteiger partial charge is 0.494 e. The monoisotopic (exact) mass is 515 g/mol. The summed E-state index contributed by atoms with van der Waals surface area (Å²) in [5.74, 6) is -1.08. The molecule has 2 aromatic rings. The van der Waals surface area contributed by atoms with Gasteiger partial charge < -0.3 is 20.3 Å². The number of benzene rings is 2. The smallest absolute Gasteiger partial charge is 0.409 e. The predicted molar refractivity (Wildman–Crippen MR) is 120 cm³/mol. The van der Waals surface area contributed by atoms with E-state index < -0.39 is 55.0 Å². The van der Waals surface area contributed by atoms with E-state index in [1.54, 1.807) is 0 Å². The van der Waals surface area contributed by atoms with Gasteiger partial charge in [0.2, 0.25) is 0 Å². The summed E-state index contributed by atoms with van der Waals surface area (Å²) in [5, 5.41) is 9.05. The predicted octanol–water partition coefficient (Wildman–Crippen LogP) is 1.74. The summed E-state index contributed by atoms with van der Waals surface area (Å²) in [4.78, 5) is 10.7. The summed E-state index contributed by atoms with van der Waals surface area (Å²) >= 11 is 0. The van der Waals surface area contributed by atoms with Crippen molar-refractivity contribution in [3.05, 3.63) is 42.2 Å². The van der Waals surface area contributed by atoms with Crippen LogP contribution < -0.4 is 24.8 Å². The van der Waals surface area contributed by atoms with Gasteiger partial charge in [-0.15, -0.1) is 0 Å². The Labute approximate surface area is 195 Å². The highest BCUT2D eigenvalue weighted by atomic mass is 32.2. The minimum atomic E-state index is -4.41. The van der Waals surface area contributed by atoms with Crippen LogP contribution >= 0.6 is 0 Å². The van der Waals surface area contributed by atoms with Crippen LogP contribution in [-0.4, -0.2) is 58.4 Å². The number of nitrogens with two attached hydrogens (primary N) is 1. The molecule has 0 saturated heterocycles. The van der Waals surface area contributed by atoms with E-state index in [2.05, 4.69) is 5.32 Å². The fourth-order valence-electron chi connectivity index (χ4n) is 3.63. The van der Waals surface area contributed by atoms with Crippen LogP contribution in [0.1, 0.15) is 12.8 Å². The molecule has 0 spiro atoms. The molecule has 1 saturated carbocycles. The van der Waals surface area contributed by atoms with Crippen molar-refractivity contribution in [2.24, 2.45) is 5.73 Å². The van der Waals surface area contributed by atoms with Gasteiger partial charge in [-0.3, -0.25) is 9.62 Å². The van der Waals surface area contributed by atoms with Crippen molar-refractivity contribution in [2.45, 2.75) is 34.5 Å². The van der Waals surface area contributed by atoms with E-state index in [0.717, 1.165) is 22.5 Å². The zero-order valence-corrected chi connectivity index (χ0v) is 19.5. The van der Waals surface area contributed by atoms with Crippen LogP contribution in [0.4, 0.5) is 20.6 Å². The molecule has 1 aliphatic carbocycles. The highest BCUT2D eigenvalue weighted by Crippen LogP contribution is 2.41. The molecule has 11 nitrogen and oxygen atoms in total. The first-order valence-electron chi connectivity index (χ1n) is 10.1. The third kappa shape index (κ3) is 4.35. The third-order valence-corrected chi connectivity index (χ3v) is 9.79. The van der Waals surface area contributed by atoms with Crippen molar-refractivity contribution in [1.82, 2.24) is 0 Å². The summed E-state index contributed by atoms with van der Waals surface area (Å²) < 4.78 is 78.0. The maximum Gasteiger partial charge on any atom is 0.409 e. The lowest BCUT2D eigenvalue weighted by atomic mass is 10.2. The molecule has 1 heterocycles. The second-order valence-electron chi connectivity index (χ2n) is 7.85. The molecule has 0 radical (unpaired) electrons. The van der Waals surface area contributed by atoms with Crippen LogP contribution in [0, 0.1) is 5.82 Å². The lowest BCUT2D eigenvalue weighted by molar-refractivity contribution is 0.194. The Hall–Kier alpha value is -3.10. The van der Waals surface area contributed by atoms with Crippen LogP contribution in [0.15, 0.2) is 41.3 Å². The zero-order valence-electron chi connectivity index (χ0n) is 17.8. The van der Waals surface area contributed by atoms with Crippen LogP contribution in [0.3, 0.4) is 0 Å². The van der Waals surface area contributed by atoms with Gasteiger partial charge in [0.1, 0.15) is 17.2 Å². The summed E-state index contributed by atoms with van der Waals surface area (Å²) in [5.41, 5.74) is 6.05. The number of amides is 1. The number of fused-ring (bicyclic) bond motifs is 1. The molecular formula is C20H22FN3O8S2. The Balaban J connectivity index is 1.80. The lowest BCUT2D eigenvalue weighted by Crippen LogP contribution is -2.55. The first-order valence-corrected chi connectivity index (χ1v) is 13.2. The van der Waals surface area contributed by atoms with Crippen molar-refractivity contribution < 1.29 is 40.6 Å². The van der Waals surface area contributed by atoms with E-state index in [0.29, 0.717) is 12.8 Å². The van der Waals surface area contributed by atoms with Gasteiger partial charge in [-0.2, -0.15) is 0 Å². The van der Waals surface area contributed by atoms with Crippen LogP contribution in [0.25, 0.3) is 0 Å². The molecule has 1 fully saturated rings. The number of hydrogen-bond donors (Lipinski definition) is 3. The van der Waals surface area contributed by atoms with Crippen molar-refractivity contribution in [1.29, 1.82) is 0 Å². The van der Waals surface area contributed by atoms with Gasteiger partial charge in [0.05, 0.1) is 29.5 Å². The van der Waals surface area contributed by atoms with Gasteiger partial charge in [0.25, 0.3) is 10.0 Å². The fraction of sp³-hybridized carbons (Fsp3) is 0.350. The normalized spacial score (nSPS) is 19.0. The van der Waals surface area contributed by atoms with E-state index >= 15 is 0 Å². The number of ether oxygens (including phenoxy) is 2. The topological polar surface area (TPSA) is 165 Å². The molecule has 2 aromatic carbocycles. The van der Waals surface area contributed by atoms with Crippen LogP contribution in [-0.2, 0) is 19.9 Å². The molecular weight excluding hydrogens is 493 g/mol. The Morgan fingerprint density at radius 3 is 2.56 bits per heavy atom. The molecule has 2 aliphatic rings. The molecule has 2 atom stereocenters. The minimum Gasteiger partial charge on any atom is -0.494 e. The maximum absolute atomic E-state index is 13.9. The molecule has 14 heteroatoms. The Morgan fingerprint density at radius 2 is 1.94 bits per heavy atom. The number of rotatable bonds is 7. The van der Waals surface area contributed by atoms with E-state index in [9.17, 15) is 26.0 Å². The quantitative estimate of drug-likeness (QED) is 0.498. The van der Waals surface area contributed by atoms with Crippen LogP contribution in [0.2, 0.25) is 0 Å². The fourth-order valence-corrected chi connectivity index (χ4v) is 6.93. The number of methoxy groups -OCH3 is 1. The summed E-state index contributed by atoms with van der Waals surface area (Å²) in [6.07, 6.45) is -1.67. The van der Waals surface area contributed by atoms with Crippen molar-refractivity contribution in [2.75, 3.05) is 23.3 Å². The van der Waals surface area contributed by atoms with Gasteiger partial charge in [-0.25, -0.2) is 26.0 Å².